The molecule has 0 saturated carbocycles. The summed E-state index contributed by atoms with van der Waals surface area (Å²) >= 11 is 0. The lowest BCUT2D eigenvalue weighted by atomic mass is 10.0. The SMILES string of the molecule is CCCCCCCCCCCCC(O)CC[O]. The van der Waals surface area contributed by atoms with E-state index in [9.17, 15) is 10.2 Å². The topological polar surface area (TPSA) is 40.1 Å². The Morgan fingerprint density at radius 1 is 0.765 bits per heavy atom. The highest BCUT2D eigenvalue weighted by Gasteiger charge is 2.02. The van der Waals surface area contributed by atoms with Crippen molar-refractivity contribution in [2.75, 3.05) is 6.61 Å². The smallest absolute Gasteiger partial charge is 0.0846 e. The first-order valence-electron chi connectivity index (χ1n) is 7.57. The fourth-order valence-electron chi connectivity index (χ4n) is 2.15. The van der Waals surface area contributed by atoms with Crippen molar-refractivity contribution in [3.05, 3.63) is 0 Å². The molecule has 0 aromatic rings. The van der Waals surface area contributed by atoms with Gasteiger partial charge in [-0.05, 0) is 12.8 Å². The molecule has 17 heavy (non-hydrogen) atoms. The Balaban J connectivity index is 2.98. The van der Waals surface area contributed by atoms with Gasteiger partial charge in [-0.2, -0.15) is 0 Å². The monoisotopic (exact) mass is 243 g/mol. The number of unbranched alkanes of at least 4 members (excludes halogenated alkanes) is 9. The van der Waals surface area contributed by atoms with E-state index in [1.165, 1.54) is 57.8 Å². The molecule has 2 heteroatoms. The van der Waals surface area contributed by atoms with Gasteiger partial charge in [0.2, 0.25) is 0 Å². The molecule has 0 heterocycles. The molecule has 0 rings (SSSR count). The summed E-state index contributed by atoms with van der Waals surface area (Å²) in [6, 6.07) is 0. The second-order valence-electron chi connectivity index (χ2n) is 5.12. The minimum Gasteiger partial charge on any atom is -0.393 e. The van der Waals surface area contributed by atoms with E-state index < -0.39 is 0 Å². The van der Waals surface area contributed by atoms with Crippen LogP contribution in [0.15, 0.2) is 0 Å². The first-order valence-corrected chi connectivity index (χ1v) is 7.57. The van der Waals surface area contributed by atoms with Crippen LogP contribution in [0.4, 0.5) is 0 Å². The molecule has 0 amide bonds. The van der Waals surface area contributed by atoms with Crippen molar-refractivity contribution in [3.63, 3.8) is 0 Å². The third-order valence-corrected chi connectivity index (χ3v) is 3.34. The molecule has 0 aromatic heterocycles. The summed E-state index contributed by atoms with van der Waals surface area (Å²) in [6.07, 6.45) is 14.1. The molecule has 1 N–H and O–H groups in total. The first kappa shape index (κ1) is 16.9. The molecule has 1 unspecified atom stereocenters. The van der Waals surface area contributed by atoms with Crippen LogP contribution >= 0.6 is 0 Å². The van der Waals surface area contributed by atoms with Crippen LogP contribution in [0.1, 0.15) is 84.0 Å². The quantitative estimate of drug-likeness (QED) is 0.476. The fraction of sp³-hybridized carbons (Fsp3) is 1.00. The normalized spacial score (nSPS) is 12.9. The molecule has 0 aliphatic rings. The number of rotatable bonds is 13. The van der Waals surface area contributed by atoms with E-state index >= 15 is 0 Å². The van der Waals surface area contributed by atoms with Crippen LogP contribution in [-0.4, -0.2) is 17.8 Å². The molecule has 103 valence electrons. The van der Waals surface area contributed by atoms with Crippen LogP contribution in [0.3, 0.4) is 0 Å². The van der Waals surface area contributed by atoms with Gasteiger partial charge < -0.3 is 5.11 Å². The maximum Gasteiger partial charge on any atom is 0.0846 e. The van der Waals surface area contributed by atoms with Gasteiger partial charge in [-0.1, -0.05) is 71.1 Å². The van der Waals surface area contributed by atoms with Gasteiger partial charge in [-0.15, -0.1) is 0 Å². The highest BCUT2D eigenvalue weighted by atomic mass is 16.3. The van der Waals surface area contributed by atoms with Crippen LogP contribution in [0.2, 0.25) is 0 Å². The molecular weight excluding hydrogens is 212 g/mol. The van der Waals surface area contributed by atoms with Crippen molar-refractivity contribution in [2.45, 2.75) is 90.1 Å². The van der Waals surface area contributed by atoms with E-state index in [0.717, 1.165) is 12.8 Å². The number of hydrogen-bond acceptors (Lipinski definition) is 1. The average molecular weight is 243 g/mol. The van der Waals surface area contributed by atoms with Crippen molar-refractivity contribution < 1.29 is 10.2 Å². The van der Waals surface area contributed by atoms with E-state index in [2.05, 4.69) is 6.92 Å². The molecule has 0 bridgehead atoms. The second-order valence-corrected chi connectivity index (χ2v) is 5.12. The van der Waals surface area contributed by atoms with Crippen molar-refractivity contribution in [3.8, 4) is 0 Å². The Hall–Kier alpha value is -0.0800. The molecule has 0 saturated heterocycles. The van der Waals surface area contributed by atoms with Crippen LogP contribution < -0.4 is 0 Å². The van der Waals surface area contributed by atoms with Crippen molar-refractivity contribution in [1.82, 2.24) is 0 Å². The molecule has 1 atom stereocenters. The minimum atomic E-state index is -0.346. The summed E-state index contributed by atoms with van der Waals surface area (Å²) in [5.41, 5.74) is 0. The predicted molar refractivity (Wildman–Crippen MR) is 72.6 cm³/mol. The molecule has 0 spiro atoms. The van der Waals surface area contributed by atoms with Gasteiger partial charge in [0, 0.05) is 0 Å². The molecule has 0 aromatic carbocycles. The van der Waals surface area contributed by atoms with E-state index in [1.54, 1.807) is 0 Å². The lowest BCUT2D eigenvalue weighted by molar-refractivity contribution is 0.0966. The number of aliphatic hydroxyl groups is 1. The number of aliphatic hydroxyl groups excluding tert-OH is 1. The largest absolute Gasteiger partial charge is 0.393 e. The zero-order valence-corrected chi connectivity index (χ0v) is 11.6. The summed E-state index contributed by atoms with van der Waals surface area (Å²) in [5.74, 6) is 0. The summed E-state index contributed by atoms with van der Waals surface area (Å²) in [4.78, 5) is 0. The number of hydrogen-bond donors (Lipinski definition) is 1. The molecule has 0 fully saturated rings. The zero-order chi connectivity index (χ0) is 12.8. The molecule has 0 aliphatic carbocycles. The van der Waals surface area contributed by atoms with Crippen LogP contribution in [0.5, 0.6) is 0 Å². The maximum atomic E-state index is 10.3. The van der Waals surface area contributed by atoms with Crippen LogP contribution in [-0.2, 0) is 5.11 Å². The van der Waals surface area contributed by atoms with Gasteiger partial charge in [0.25, 0.3) is 0 Å². The third kappa shape index (κ3) is 13.9. The minimum absolute atomic E-state index is 0.140. The summed E-state index contributed by atoms with van der Waals surface area (Å²) in [6.45, 7) is 2.11. The Morgan fingerprint density at radius 3 is 1.71 bits per heavy atom. The first-order chi connectivity index (χ1) is 8.31. The molecular formula is C15H31O2. The fourth-order valence-corrected chi connectivity index (χ4v) is 2.15. The van der Waals surface area contributed by atoms with E-state index in [0.29, 0.717) is 6.42 Å². The van der Waals surface area contributed by atoms with Crippen LogP contribution in [0, 0.1) is 0 Å². The van der Waals surface area contributed by atoms with Gasteiger partial charge in [-0.25, -0.2) is 5.11 Å². The van der Waals surface area contributed by atoms with Crippen molar-refractivity contribution in [1.29, 1.82) is 0 Å². The summed E-state index contributed by atoms with van der Waals surface area (Å²) in [7, 11) is 0. The van der Waals surface area contributed by atoms with Gasteiger partial charge in [-0.3, -0.25) is 0 Å². The highest BCUT2D eigenvalue weighted by molar-refractivity contribution is 4.55. The van der Waals surface area contributed by atoms with E-state index in [4.69, 9.17) is 0 Å². The molecule has 2 nitrogen and oxygen atoms in total. The summed E-state index contributed by atoms with van der Waals surface area (Å²) in [5, 5.41) is 19.6. The highest BCUT2D eigenvalue weighted by Crippen LogP contribution is 2.12. The Morgan fingerprint density at radius 2 is 1.24 bits per heavy atom. The lowest BCUT2D eigenvalue weighted by Crippen LogP contribution is -2.07. The van der Waals surface area contributed by atoms with Crippen LogP contribution in [0.25, 0.3) is 0 Å². The summed E-state index contributed by atoms with van der Waals surface area (Å²) < 4.78 is 0. The molecule has 0 aliphatic heterocycles. The van der Waals surface area contributed by atoms with Gasteiger partial charge in [0.05, 0.1) is 12.7 Å². The average Bonchev–Trinajstić information content (AvgIpc) is 2.32. The third-order valence-electron chi connectivity index (χ3n) is 3.34. The van der Waals surface area contributed by atoms with Gasteiger partial charge in [0.15, 0.2) is 0 Å². The Kier molecular flexibility index (Phi) is 13.9. The van der Waals surface area contributed by atoms with Gasteiger partial charge >= 0.3 is 0 Å². The second kappa shape index (κ2) is 14.0. The van der Waals surface area contributed by atoms with E-state index in [-0.39, 0.29) is 12.7 Å². The predicted octanol–water partition coefficient (Wildman–Crippen LogP) is 4.48. The van der Waals surface area contributed by atoms with Crippen molar-refractivity contribution >= 4 is 0 Å². The van der Waals surface area contributed by atoms with E-state index in [1.807, 2.05) is 0 Å². The van der Waals surface area contributed by atoms with Crippen molar-refractivity contribution in [2.24, 2.45) is 0 Å². The standard InChI is InChI=1S/C15H31O2/c1-2-3-4-5-6-7-8-9-10-11-12-15(17)13-14-16/h15,17H,2-14H2,1H3. The Bertz CT molecular complexity index is 137. The Labute approximate surface area is 107 Å². The lowest BCUT2D eigenvalue weighted by Gasteiger charge is -2.07. The molecule has 1 radical (unpaired) electrons. The maximum absolute atomic E-state index is 10.3. The van der Waals surface area contributed by atoms with Gasteiger partial charge in [0.1, 0.15) is 0 Å². The zero-order valence-electron chi connectivity index (χ0n) is 11.6.